The molecule has 4 nitrogen and oxygen atoms in total. The quantitative estimate of drug-likeness (QED) is 0.178. The summed E-state index contributed by atoms with van der Waals surface area (Å²) < 4.78 is 5.03. The normalized spacial score (nSPS) is 13.1. The zero-order valence-electron chi connectivity index (χ0n) is 35.3. The van der Waals surface area contributed by atoms with Crippen molar-refractivity contribution in [2.75, 3.05) is 4.90 Å². The molecule has 0 N–H and O–H groups in total. The van der Waals surface area contributed by atoms with Gasteiger partial charge in [-0.3, -0.25) is 4.40 Å². The van der Waals surface area contributed by atoms with Crippen LogP contribution in [0.15, 0.2) is 158 Å². The van der Waals surface area contributed by atoms with E-state index in [0.717, 1.165) is 33.7 Å². The minimum atomic E-state index is -0.101. The zero-order chi connectivity index (χ0) is 41.1. The molecular weight excluding hydrogens is 741 g/mol. The molecule has 0 bridgehead atoms. The van der Waals surface area contributed by atoms with Gasteiger partial charge in [-0.15, -0.1) is 0 Å². The summed E-state index contributed by atoms with van der Waals surface area (Å²) >= 11 is 0. The first-order valence-corrected chi connectivity index (χ1v) is 21.6. The van der Waals surface area contributed by atoms with Gasteiger partial charge in [-0.05, 0) is 116 Å². The minimum absolute atomic E-state index is 0.0490. The Balaban J connectivity index is 1.27. The van der Waals surface area contributed by atoms with Gasteiger partial charge in [-0.1, -0.05) is 126 Å². The van der Waals surface area contributed by atoms with Crippen molar-refractivity contribution in [1.82, 2.24) is 13.8 Å². The summed E-state index contributed by atoms with van der Waals surface area (Å²) in [6.07, 6.45) is 0. The molecule has 8 aromatic carbocycles. The molecule has 5 aromatic heterocycles. The molecule has 0 aliphatic carbocycles. The van der Waals surface area contributed by atoms with Gasteiger partial charge in [0.15, 0.2) is 0 Å². The largest absolute Gasteiger partial charge is 0.308 e. The SMILES string of the molecule is CC(C)(C)c1cc(N(c2ccccc2)c2ccccc2)c2c(c1)c1c3ccccc3cc3c4cc5c(nc4n2c31)c1cc(C(C)(C)C)cc2c3cc4ccccc4cc3n5c21. The van der Waals surface area contributed by atoms with Crippen LogP contribution in [-0.4, -0.2) is 13.8 Å². The van der Waals surface area contributed by atoms with Crippen molar-refractivity contribution in [2.45, 2.75) is 52.4 Å². The van der Waals surface area contributed by atoms with Gasteiger partial charge >= 0.3 is 0 Å². The molecule has 13 aromatic rings. The number of hydrogen-bond acceptors (Lipinski definition) is 2. The summed E-state index contributed by atoms with van der Waals surface area (Å²) in [5.74, 6) is 0. The van der Waals surface area contributed by atoms with Crippen molar-refractivity contribution >= 4 is 115 Å². The Bertz CT molecular complexity index is 3890. The first-order chi connectivity index (χ1) is 29.5. The van der Waals surface area contributed by atoms with Crippen molar-refractivity contribution in [1.29, 1.82) is 0 Å². The van der Waals surface area contributed by atoms with Crippen molar-refractivity contribution in [3.63, 3.8) is 0 Å². The summed E-state index contributed by atoms with van der Waals surface area (Å²) in [7, 11) is 0. The number of aromatic nitrogens is 3. The first-order valence-electron chi connectivity index (χ1n) is 21.6. The van der Waals surface area contributed by atoms with Crippen LogP contribution in [0.5, 0.6) is 0 Å². The predicted octanol–water partition coefficient (Wildman–Crippen LogP) is 15.8. The van der Waals surface area contributed by atoms with E-state index >= 15 is 0 Å². The van der Waals surface area contributed by atoms with Crippen LogP contribution in [0, 0.1) is 0 Å². The van der Waals surface area contributed by atoms with Crippen molar-refractivity contribution < 1.29 is 0 Å². The molecule has 0 saturated carbocycles. The number of rotatable bonds is 3. The molecule has 0 amide bonds. The number of hydrogen-bond donors (Lipinski definition) is 0. The Labute approximate surface area is 353 Å². The lowest BCUT2D eigenvalue weighted by Gasteiger charge is -2.29. The van der Waals surface area contributed by atoms with Gasteiger partial charge in [0.05, 0.1) is 38.8 Å². The van der Waals surface area contributed by atoms with Crippen molar-refractivity contribution in [3.05, 3.63) is 169 Å². The van der Waals surface area contributed by atoms with Gasteiger partial charge in [0.1, 0.15) is 5.65 Å². The van der Waals surface area contributed by atoms with E-state index in [1.54, 1.807) is 0 Å². The molecule has 0 fully saturated rings. The summed E-state index contributed by atoms with van der Waals surface area (Å²) in [5.41, 5.74) is 13.9. The predicted molar refractivity (Wildman–Crippen MR) is 261 cm³/mol. The number of anilines is 3. The molecule has 0 aliphatic heterocycles. The smallest absolute Gasteiger partial charge is 0.146 e. The summed E-state index contributed by atoms with van der Waals surface area (Å²) in [4.78, 5) is 8.38. The molecule has 0 atom stereocenters. The van der Waals surface area contributed by atoms with Gasteiger partial charge in [0.25, 0.3) is 0 Å². The molecule has 292 valence electrons. The Morgan fingerprint density at radius 3 is 1.66 bits per heavy atom. The van der Waals surface area contributed by atoms with Crippen LogP contribution >= 0.6 is 0 Å². The lowest BCUT2D eigenvalue weighted by molar-refractivity contribution is 0.591. The van der Waals surface area contributed by atoms with Crippen LogP contribution in [-0.2, 0) is 10.8 Å². The third-order valence-corrected chi connectivity index (χ3v) is 13.5. The molecule has 61 heavy (non-hydrogen) atoms. The maximum Gasteiger partial charge on any atom is 0.146 e. The second-order valence-electron chi connectivity index (χ2n) is 19.3. The average Bonchev–Trinajstić information content (AvgIpc) is 3.97. The highest BCUT2D eigenvalue weighted by Crippen LogP contribution is 2.51. The topological polar surface area (TPSA) is 25.0 Å². The Morgan fingerprint density at radius 2 is 0.967 bits per heavy atom. The van der Waals surface area contributed by atoms with E-state index in [4.69, 9.17) is 4.98 Å². The van der Waals surface area contributed by atoms with Crippen LogP contribution < -0.4 is 4.90 Å². The van der Waals surface area contributed by atoms with Crippen LogP contribution in [0.1, 0.15) is 52.7 Å². The number of benzene rings is 8. The highest BCUT2D eigenvalue weighted by atomic mass is 15.2. The van der Waals surface area contributed by atoms with Crippen LogP contribution in [0.2, 0.25) is 0 Å². The molecule has 0 radical (unpaired) electrons. The van der Waals surface area contributed by atoms with Crippen LogP contribution in [0.25, 0.3) is 98.0 Å². The fourth-order valence-electron chi connectivity index (χ4n) is 10.5. The summed E-state index contributed by atoms with van der Waals surface area (Å²) in [6.45, 7) is 14.0. The third-order valence-electron chi connectivity index (χ3n) is 13.5. The second-order valence-corrected chi connectivity index (χ2v) is 19.3. The van der Waals surface area contributed by atoms with Gasteiger partial charge in [0.2, 0.25) is 0 Å². The van der Waals surface area contributed by atoms with Gasteiger partial charge in [-0.25, -0.2) is 4.98 Å². The lowest BCUT2D eigenvalue weighted by Crippen LogP contribution is -2.15. The van der Waals surface area contributed by atoms with Gasteiger partial charge < -0.3 is 9.30 Å². The molecule has 0 aliphatic rings. The molecule has 0 unspecified atom stereocenters. The molecule has 0 spiro atoms. The molecule has 0 saturated heterocycles. The van der Waals surface area contributed by atoms with E-state index in [1.807, 2.05) is 0 Å². The van der Waals surface area contributed by atoms with Gasteiger partial charge in [0, 0.05) is 49.1 Å². The fraction of sp³-hybridized carbons (Fsp3) is 0.140. The molecule has 4 heteroatoms. The molecule has 13 rings (SSSR count). The van der Waals surface area contributed by atoms with E-state index in [9.17, 15) is 0 Å². The van der Waals surface area contributed by atoms with E-state index in [-0.39, 0.29) is 10.8 Å². The Hall–Kier alpha value is -7.17. The average molecular weight is 785 g/mol. The third kappa shape index (κ3) is 4.68. The number of nitrogens with zero attached hydrogens (tertiary/aromatic N) is 4. The number of fused-ring (bicyclic) bond motifs is 15. The minimum Gasteiger partial charge on any atom is -0.308 e. The molecule has 5 heterocycles. The summed E-state index contributed by atoms with van der Waals surface area (Å²) in [6, 6.07) is 58.8. The van der Waals surface area contributed by atoms with Crippen molar-refractivity contribution in [2.24, 2.45) is 0 Å². The Morgan fingerprint density at radius 1 is 0.410 bits per heavy atom. The highest BCUT2D eigenvalue weighted by Gasteiger charge is 2.30. The van der Waals surface area contributed by atoms with Crippen molar-refractivity contribution in [3.8, 4) is 0 Å². The maximum absolute atomic E-state index is 5.93. The van der Waals surface area contributed by atoms with E-state index in [1.165, 1.54) is 92.4 Å². The number of pyridine rings is 1. The standard InChI is InChI=1S/C57H44N4/c1-56(2,3)36-28-43-41-25-33-17-13-14-18-34(33)27-47(41)60-48-32-44-42-26-35-19-15-16-24-40(35)50-45-29-37(57(4,5)6)31-49(59(38-20-9-7-10-21-38)39-22-11-8-12-23-39)53(45)61(54(42)50)55(44)58-51(48)46(30-36)52(43)60/h7-32H,1-6H3. The Kier molecular flexibility index (Phi) is 6.69. The lowest BCUT2D eigenvalue weighted by atomic mass is 9.85. The fourth-order valence-corrected chi connectivity index (χ4v) is 10.5. The second kappa shape index (κ2) is 11.8. The number of para-hydroxylation sites is 2. The monoisotopic (exact) mass is 784 g/mol. The van der Waals surface area contributed by atoms with Crippen LogP contribution in [0.3, 0.4) is 0 Å². The first kappa shape index (κ1) is 34.7. The van der Waals surface area contributed by atoms with Gasteiger partial charge in [-0.2, -0.15) is 0 Å². The molecular formula is C57H44N4. The highest BCUT2D eigenvalue weighted by molar-refractivity contribution is 6.34. The van der Waals surface area contributed by atoms with E-state index < -0.39 is 0 Å². The zero-order valence-corrected chi connectivity index (χ0v) is 35.3. The maximum atomic E-state index is 5.93. The summed E-state index contributed by atoms with van der Waals surface area (Å²) in [5, 5.41) is 13.7. The van der Waals surface area contributed by atoms with E-state index in [0.29, 0.717) is 0 Å². The van der Waals surface area contributed by atoms with E-state index in [2.05, 4.69) is 213 Å². The van der Waals surface area contributed by atoms with Crippen LogP contribution in [0.4, 0.5) is 17.1 Å².